The fraction of sp³-hybridized carbons (Fsp3) is 0.0667. The second-order valence-electron chi connectivity index (χ2n) is 4.21. The van der Waals surface area contributed by atoms with Crippen LogP contribution in [0.25, 0.3) is 10.8 Å². The van der Waals surface area contributed by atoms with Crippen molar-refractivity contribution < 1.29 is 0 Å². The van der Waals surface area contributed by atoms with Gasteiger partial charge in [-0.1, -0.05) is 36.4 Å². The van der Waals surface area contributed by atoms with E-state index in [0.29, 0.717) is 0 Å². The first kappa shape index (κ1) is 10.1. The zero-order valence-corrected chi connectivity index (χ0v) is 9.43. The predicted molar refractivity (Wildman–Crippen MR) is 70.8 cm³/mol. The van der Waals surface area contributed by atoms with Crippen LogP contribution in [0, 0.1) is 0 Å². The molecule has 2 aromatic carbocycles. The average molecular weight is 222 g/mol. The summed E-state index contributed by atoms with van der Waals surface area (Å²) in [6, 6.07) is 18.6. The van der Waals surface area contributed by atoms with E-state index in [-0.39, 0.29) is 6.04 Å². The Balaban J connectivity index is 2.06. The molecule has 0 fully saturated rings. The Morgan fingerprint density at radius 1 is 0.882 bits per heavy atom. The number of benzene rings is 2. The van der Waals surface area contributed by atoms with E-state index in [9.17, 15) is 0 Å². The Morgan fingerprint density at radius 3 is 2.47 bits per heavy atom. The molecule has 0 bridgehead atoms. The van der Waals surface area contributed by atoms with E-state index in [2.05, 4.69) is 35.3 Å². The van der Waals surface area contributed by atoms with Crippen LogP contribution in [0.15, 0.2) is 60.8 Å². The summed E-state index contributed by atoms with van der Waals surface area (Å²) in [5.41, 5.74) is 8.39. The van der Waals surface area contributed by atoms with Crippen molar-refractivity contribution in [2.45, 2.75) is 6.04 Å². The largest absolute Gasteiger partial charge is 0.363 e. The molecule has 3 rings (SSSR count). The lowest BCUT2D eigenvalue weighted by Gasteiger charge is -2.11. The summed E-state index contributed by atoms with van der Waals surface area (Å²) >= 11 is 0. The number of hydrogen-bond donors (Lipinski definition) is 2. The molecule has 2 nitrogen and oxygen atoms in total. The average Bonchev–Trinajstić information content (AvgIpc) is 2.91. The maximum Gasteiger partial charge on any atom is 0.0704 e. The normalized spacial score (nSPS) is 12.8. The monoisotopic (exact) mass is 222 g/mol. The second-order valence-corrected chi connectivity index (χ2v) is 4.21. The van der Waals surface area contributed by atoms with Crippen LogP contribution in [0.2, 0.25) is 0 Å². The van der Waals surface area contributed by atoms with Crippen molar-refractivity contribution in [2.75, 3.05) is 0 Å². The second kappa shape index (κ2) is 4.07. The third-order valence-corrected chi connectivity index (χ3v) is 3.09. The molecule has 0 amide bonds. The summed E-state index contributed by atoms with van der Waals surface area (Å²) in [7, 11) is 0. The maximum absolute atomic E-state index is 6.22. The van der Waals surface area contributed by atoms with Gasteiger partial charge in [0, 0.05) is 11.9 Å². The van der Waals surface area contributed by atoms with Gasteiger partial charge in [-0.25, -0.2) is 0 Å². The Kier molecular flexibility index (Phi) is 2.42. The molecular formula is C15H14N2. The molecule has 1 atom stereocenters. The lowest BCUT2D eigenvalue weighted by atomic mass is 10.0. The van der Waals surface area contributed by atoms with Crippen molar-refractivity contribution in [1.29, 1.82) is 0 Å². The molecule has 84 valence electrons. The quantitative estimate of drug-likeness (QED) is 0.686. The Labute approximate surface area is 100 Å². The number of nitrogens with two attached hydrogens (primary N) is 1. The molecule has 2 heteroatoms. The van der Waals surface area contributed by atoms with Crippen LogP contribution in [0.4, 0.5) is 0 Å². The number of H-pyrrole nitrogens is 1. The van der Waals surface area contributed by atoms with Crippen LogP contribution in [0.5, 0.6) is 0 Å². The van der Waals surface area contributed by atoms with Gasteiger partial charge in [-0.15, -0.1) is 0 Å². The lowest BCUT2D eigenvalue weighted by Crippen LogP contribution is -2.11. The van der Waals surface area contributed by atoms with Crippen LogP contribution in [0.1, 0.15) is 17.3 Å². The topological polar surface area (TPSA) is 41.8 Å². The minimum atomic E-state index is -0.0883. The number of rotatable bonds is 2. The predicted octanol–water partition coefficient (Wildman–Crippen LogP) is 3.22. The number of aromatic amines is 1. The van der Waals surface area contributed by atoms with Crippen LogP contribution >= 0.6 is 0 Å². The van der Waals surface area contributed by atoms with Crippen LogP contribution in [0.3, 0.4) is 0 Å². The van der Waals surface area contributed by atoms with Gasteiger partial charge in [0.1, 0.15) is 0 Å². The molecule has 0 radical (unpaired) electrons. The molecular weight excluding hydrogens is 208 g/mol. The van der Waals surface area contributed by atoms with Crippen LogP contribution in [-0.2, 0) is 0 Å². The van der Waals surface area contributed by atoms with Gasteiger partial charge in [-0.3, -0.25) is 0 Å². The van der Waals surface area contributed by atoms with Gasteiger partial charge in [-0.05, 0) is 34.5 Å². The number of hydrogen-bond acceptors (Lipinski definition) is 1. The highest BCUT2D eigenvalue weighted by atomic mass is 14.8. The molecule has 1 aromatic heterocycles. The molecule has 1 heterocycles. The third-order valence-electron chi connectivity index (χ3n) is 3.09. The fourth-order valence-electron chi connectivity index (χ4n) is 2.12. The molecule has 3 aromatic rings. The van der Waals surface area contributed by atoms with Crippen LogP contribution < -0.4 is 5.73 Å². The molecule has 3 N–H and O–H groups in total. The van der Waals surface area contributed by atoms with Crippen LogP contribution in [-0.4, -0.2) is 4.98 Å². The van der Waals surface area contributed by atoms with Crippen molar-refractivity contribution in [1.82, 2.24) is 4.98 Å². The minimum absolute atomic E-state index is 0.0883. The van der Waals surface area contributed by atoms with E-state index in [1.165, 1.54) is 10.8 Å². The molecule has 0 aliphatic carbocycles. The van der Waals surface area contributed by atoms with E-state index in [1.807, 2.05) is 30.5 Å². The highest BCUT2D eigenvalue weighted by molar-refractivity contribution is 5.83. The standard InChI is InChI=1S/C15H14N2/c16-15(14-6-3-9-17-14)13-8-7-11-4-1-2-5-12(11)10-13/h1-10,15,17H,16H2. The van der Waals surface area contributed by atoms with Gasteiger partial charge in [0.25, 0.3) is 0 Å². The molecule has 17 heavy (non-hydrogen) atoms. The number of nitrogens with one attached hydrogen (secondary N) is 1. The summed E-state index contributed by atoms with van der Waals surface area (Å²) in [5, 5.41) is 2.47. The van der Waals surface area contributed by atoms with Crippen molar-refractivity contribution in [3.8, 4) is 0 Å². The van der Waals surface area contributed by atoms with E-state index < -0.39 is 0 Å². The Morgan fingerprint density at radius 2 is 1.71 bits per heavy atom. The zero-order chi connectivity index (χ0) is 11.7. The van der Waals surface area contributed by atoms with Gasteiger partial charge in [0.2, 0.25) is 0 Å². The number of fused-ring (bicyclic) bond motifs is 1. The molecule has 0 aliphatic rings. The Hall–Kier alpha value is -2.06. The Bertz CT molecular complexity index is 626. The van der Waals surface area contributed by atoms with E-state index in [4.69, 9.17) is 5.73 Å². The SMILES string of the molecule is NC(c1ccc2ccccc2c1)c1ccc[nH]1. The highest BCUT2D eigenvalue weighted by Crippen LogP contribution is 2.22. The molecule has 1 unspecified atom stereocenters. The molecule has 0 aliphatic heterocycles. The summed E-state index contributed by atoms with van der Waals surface area (Å²) < 4.78 is 0. The van der Waals surface area contributed by atoms with E-state index >= 15 is 0 Å². The maximum atomic E-state index is 6.22. The zero-order valence-electron chi connectivity index (χ0n) is 9.43. The van der Waals surface area contributed by atoms with Crippen molar-refractivity contribution in [3.05, 3.63) is 72.1 Å². The minimum Gasteiger partial charge on any atom is -0.363 e. The first-order valence-electron chi connectivity index (χ1n) is 5.72. The summed E-state index contributed by atoms with van der Waals surface area (Å²) in [5.74, 6) is 0. The molecule has 0 saturated carbocycles. The molecule has 0 saturated heterocycles. The van der Waals surface area contributed by atoms with Crippen molar-refractivity contribution in [2.24, 2.45) is 5.73 Å². The summed E-state index contributed by atoms with van der Waals surface area (Å²) in [6.45, 7) is 0. The van der Waals surface area contributed by atoms with Crippen molar-refractivity contribution in [3.63, 3.8) is 0 Å². The first-order valence-corrected chi connectivity index (χ1v) is 5.72. The van der Waals surface area contributed by atoms with Gasteiger partial charge < -0.3 is 10.7 Å². The van der Waals surface area contributed by atoms with Crippen molar-refractivity contribution >= 4 is 10.8 Å². The highest BCUT2D eigenvalue weighted by Gasteiger charge is 2.09. The molecule has 0 spiro atoms. The van der Waals surface area contributed by atoms with Gasteiger partial charge >= 0.3 is 0 Å². The van der Waals surface area contributed by atoms with E-state index in [1.54, 1.807) is 0 Å². The van der Waals surface area contributed by atoms with Gasteiger partial charge in [0.15, 0.2) is 0 Å². The first-order chi connectivity index (χ1) is 8.34. The fourth-order valence-corrected chi connectivity index (χ4v) is 2.12. The lowest BCUT2D eigenvalue weighted by molar-refractivity contribution is 0.840. The van der Waals surface area contributed by atoms with Gasteiger partial charge in [0.05, 0.1) is 6.04 Å². The van der Waals surface area contributed by atoms with Gasteiger partial charge in [-0.2, -0.15) is 0 Å². The number of aromatic nitrogens is 1. The third kappa shape index (κ3) is 1.83. The smallest absolute Gasteiger partial charge is 0.0704 e. The van der Waals surface area contributed by atoms with E-state index in [0.717, 1.165) is 11.3 Å². The summed E-state index contributed by atoms with van der Waals surface area (Å²) in [6.07, 6.45) is 1.90. The summed E-state index contributed by atoms with van der Waals surface area (Å²) in [4.78, 5) is 3.16.